The maximum atomic E-state index is 14.2. The van der Waals surface area contributed by atoms with Gasteiger partial charge in [-0.15, -0.1) is 0 Å². The Morgan fingerprint density at radius 1 is 1.19 bits per heavy atom. The topological polar surface area (TPSA) is 23.6 Å². The Morgan fingerprint density at radius 3 is 2.62 bits per heavy atom. The van der Waals surface area contributed by atoms with Gasteiger partial charge in [0.05, 0.1) is 5.69 Å². The van der Waals surface area contributed by atoms with Crippen LogP contribution in [-0.2, 0) is 0 Å². The number of nitrogens with zero attached hydrogens (tertiary/aromatic N) is 2. The Hall–Kier alpha value is -1.42. The predicted octanol–water partition coefficient (Wildman–Crippen LogP) is 3.09. The zero-order valence-electron chi connectivity index (χ0n) is 12.6. The van der Waals surface area contributed by atoms with Gasteiger partial charge >= 0.3 is 0 Å². The fraction of sp³-hybridized carbons (Fsp3) is 0.588. The Bertz CT molecular complexity index is 526. The van der Waals surface area contributed by atoms with E-state index in [4.69, 9.17) is 0 Å². The number of anilines is 1. The first-order valence-electron chi connectivity index (χ1n) is 7.94. The largest absolute Gasteiger partial charge is 0.368 e. The number of ketones is 1. The summed E-state index contributed by atoms with van der Waals surface area (Å²) in [5.74, 6) is -0.366. The lowest BCUT2D eigenvalue weighted by Gasteiger charge is -2.32. The third-order valence-electron chi connectivity index (χ3n) is 4.77. The molecule has 0 aromatic heterocycles. The number of rotatable bonds is 3. The van der Waals surface area contributed by atoms with Gasteiger partial charge in [-0.3, -0.25) is 9.69 Å². The fourth-order valence-electron chi connectivity index (χ4n) is 3.52. The van der Waals surface area contributed by atoms with Gasteiger partial charge < -0.3 is 4.90 Å². The molecule has 1 unspecified atom stereocenters. The van der Waals surface area contributed by atoms with Crippen LogP contribution in [0.4, 0.5) is 10.1 Å². The molecule has 3 nitrogen and oxygen atoms in total. The molecule has 1 aromatic carbocycles. The molecule has 1 atom stereocenters. The van der Waals surface area contributed by atoms with Crippen molar-refractivity contribution in [3.05, 3.63) is 29.6 Å². The summed E-state index contributed by atoms with van der Waals surface area (Å²) >= 11 is 0. The van der Waals surface area contributed by atoms with Crippen LogP contribution in [-0.4, -0.2) is 42.9 Å². The van der Waals surface area contributed by atoms with Crippen molar-refractivity contribution in [3.8, 4) is 0 Å². The van der Waals surface area contributed by atoms with Crippen molar-refractivity contribution in [1.82, 2.24) is 4.90 Å². The summed E-state index contributed by atoms with van der Waals surface area (Å²) < 4.78 is 14.2. The second-order valence-corrected chi connectivity index (χ2v) is 6.21. The number of halogens is 1. The number of benzene rings is 1. The van der Waals surface area contributed by atoms with Gasteiger partial charge in [-0.25, -0.2) is 4.39 Å². The third-order valence-corrected chi connectivity index (χ3v) is 4.77. The number of likely N-dealkylation sites (tertiary alicyclic amines) is 1. The molecule has 3 rings (SSSR count). The maximum absolute atomic E-state index is 14.2. The highest BCUT2D eigenvalue weighted by molar-refractivity contribution is 5.94. The minimum atomic E-state index is -0.276. The summed E-state index contributed by atoms with van der Waals surface area (Å²) in [6, 6.07) is 5.41. The molecule has 2 aliphatic heterocycles. The van der Waals surface area contributed by atoms with Crippen LogP contribution in [0.25, 0.3) is 0 Å². The second-order valence-electron chi connectivity index (χ2n) is 6.21. The Labute approximate surface area is 125 Å². The molecular weight excluding hydrogens is 267 g/mol. The third kappa shape index (κ3) is 3.10. The van der Waals surface area contributed by atoms with Gasteiger partial charge in [0.15, 0.2) is 5.78 Å². The van der Waals surface area contributed by atoms with Crippen LogP contribution in [0.5, 0.6) is 0 Å². The summed E-state index contributed by atoms with van der Waals surface area (Å²) in [6.45, 7) is 5.64. The van der Waals surface area contributed by atoms with Crippen molar-refractivity contribution in [2.45, 2.75) is 38.6 Å². The zero-order chi connectivity index (χ0) is 14.8. The normalized spacial score (nSPS) is 23.5. The van der Waals surface area contributed by atoms with Crippen molar-refractivity contribution < 1.29 is 9.18 Å². The van der Waals surface area contributed by atoms with E-state index in [1.807, 2.05) is 0 Å². The van der Waals surface area contributed by atoms with E-state index in [2.05, 4.69) is 9.80 Å². The highest BCUT2D eigenvalue weighted by Gasteiger charge is 2.29. The zero-order valence-corrected chi connectivity index (χ0v) is 12.6. The number of Topliss-reactive ketones (excluding diaryl/α,β-unsaturated/α-hetero) is 1. The van der Waals surface area contributed by atoms with Gasteiger partial charge in [0.2, 0.25) is 0 Å². The smallest absolute Gasteiger partial charge is 0.159 e. The Morgan fingerprint density at radius 2 is 1.95 bits per heavy atom. The number of piperidine rings is 1. The SMILES string of the molecule is CC(=O)c1ccc(N2CCC(N3CCCCC3)C2)c(F)c1. The van der Waals surface area contributed by atoms with E-state index in [1.54, 1.807) is 12.1 Å². The lowest BCUT2D eigenvalue weighted by molar-refractivity contribution is 0.101. The predicted molar refractivity (Wildman–Crippen MR) is 82.4 cm³/mol. The van der Waals surface area contributed by atoms with E-state index in [0.717, 1.165) is 19.5 Å². The van der Waals surface area contributed by atoms with Gasteiger partial charge in [0.1, 0.15) is 5.82 Å². The summed E-state index contributed by atoms with van der Waals surface area (Å²) in [5.41, 5.74) is 1.09. The highest BCUT2D eigenvalue weighted by Crippen LogP contribution is 2.27. The summed E-state index contributed by atoms with van der Waals surface area (Å²) in [4.78, 5) is 16.0. The van der Waals surface area contributed by atoms with E-state index in [-0.39, 0.29) is 11.6 Å². The van der Waals surface area contributed by atoms with Crippen LogP contribution in [0.2, 0.25) is 0 Å². The first kappa shape index (κ1) is 14.5. The van der Waals surface area contributed by atoms with E-state index >= 15 is 0 Å². The van der Waals surface area contributed by atoms with Gasteiger partial charge in [-0.05, 0) is 57.5 Å². The van der Waals surface area contributed by atoms with Crippen LogP contribution in [0, 0.1) is 5.82 Å². The Kier molecular flexibility index (Phi) is 4.24. The van der Waals surface area contributed by atoms with E-state index in [9.17, 15) is 9.18 Å². The Balaban J connectivity index is 1.69. The molecule has 114 valence electrons. The molecule has 0 N–H and O–H groups in total. The van der Waals surface area contributed by atoms with E-state index < -0.39 is 0 Å². The second kappa shape index (κ2) is 6.14. The van der Waals surface area contributed by atoms with Gasteiger partial charge in [-0.2, -0.15) is 0 Å². The molecule has 21 heavy (non-hydrogen) atoms. The molecule has 4 heteroatoms. The van der Waals surface area contributed by atoms with Crippen molar-refractivity contribution >= 4 is 11.5 Å². The van der Waals surface area contributed by atoms with Crippen molar-refractivity contribution in [2.24, 2.45) is 0 Å². The van der Waals surface area contributed by atoms with Crippen molar-refractivity contribution in [2.75, 3.05) is 31.1 Å². The molecule has 2 aliphatic rings. The number of carbonyl (C=O) groups is 1. The lowest BCUT2D eigenvalue weighted by atomic mass is 10.1. The number of hydrogen-bond donors (Lipinski definition) is 0. The fourth-order valence-corrected chi connectivity index (χ4v) is 3.52. The number of carbonyl (C=O) groups excluding carboxylic acids is 1. The van der Waals surface area contributed by atoms with E-state index in [1.165, 1.54) is 45.3 Å². The molecule has 2 saturated heterocycles. The van der Waals surface area contributed by atoms with Crippen LogP contribution in [0.1, 0.15) is 43.0 Å². The minimum absolute atomic E-state index is 0.0898. The minimum Gasteiger partial charge on any atom is -0.368 e. The van der Waals surface area contributed by atoms with Crippen molar-refractivity contribution in [3.63, 3.8) is 0 Å². The molecule has 0 saturated carbocycles. The quantitative estimate of drug-likeness (QED) is 0.799. The molecule has 0 spiro atoms. The molecule has 2 heterocycles. The van der Waals surface area contributed by atoms with Crippen LogP contribution >= 0.6 is 0 Å². The maximum Gasteiger partial charge on any atom is 0.159 e. The molecule has 0 radical (unpaired) electrons. The lowest BCUT2D eigenvalue weighted by Crippen LogP contribution is -2.40. The monoisotopic (exact) mass is 290 g/mol. The molecule has 0 amide bonds. The van der Waals surface area contributed by atoms with E-state index in [0.29, 0.717) is 17.3 Å². The first-order valence-corrected chi connectivity index (χ1v) is 7.94. The molecule has 0 aliphatic carbocycles. The summed E-state index contributed by atoms with van der Waals surface area (Å²) in [5, 5.41) is 0. The summed E-state index contributed by atoms with van der Waals surface area (Å²) in [6.07, 6.45) is 5.03. The highest BCUT2D eigenvalue weighted by atomic mass is 19.1. The van der Waals surface area contributed by atoms with Crippen molar-refractivity contribution in [1.29, 1.82) is 0 Å². The standard InChI is InChI=1S/C17H23FN2O/c1-13(21)14-5-6-17(16(18)11-14)20-10-7-15(12-20)19-8-3-2-4-9-19/h5-6,11,15H,2-4,7-10,12H2,1H3. The van der Waals surface area contributed by atoms with Crippen LogP contribution in [0.3, 0.4) is 0 Å². The first-order chi connectivity index (χ1) is 10.1. The van der Waals surface area contributed by atoms with Gasteiger partial charge in [-0.1, -0.05) is 6.42 Å². The number of hydrogen-bond acceptors (Lipinski definition) is 3. The molecule has 2 fully saturated rings. The van der Waals surface area contributed by atoms with Crippen LogP contribution < -0.4 is 4.90 Å². The average Bonchev–Trinajstić information content (AvgIpc) is 2.97. The van der Waals surface area contributed by atoms with Gasteiger partial charge in [0.25, 0.3) is 0 Å². The molecule has 0 bridgehead atoms. The average molecular weight is 290 g/mol. The molecular formula is C17H23FN2O. The summed E-state index contributed by atoms with van der Waals surface area (Å²) in [7, 11) is 0. The molecule has 1 aromatic rings. The van der Waals surface area contributed by atoms with Gasteiger partial charge in [0, 0.05) is 24.7 Å². The van der Waals surface area contributed by atoms with Crippen LogP contribution in [0.15, 0.2) is 18.2 Å².